The molecular formula is C20H21ClN2O2. The van der Waals surface area contributed by atoms with E-state index >= 15 is 0 Å². The third-order valence-electron chi connectivity index (χ3n) is 4.07. The van der Waals surface area contributed by atoms with E-state index in [1.807, 2.05) is 30.3 Å². The van der Waals surface area contributed by atoms with Gasteiger partial charge in [0.15, 0.2) is 0 Å². The largest absolute Gasteiger partial charge is 0.492 e. The van der Waals surface area contributed by atoms with Gasteiger partial charge >= 0.3 is 0 Å². The fourth-order valence-electron chi connectivity index (χ4n) is 2.70. The molecule has 0 spiro atoms. The van der Waals surface area contributed by atoms with Crippen LogP contribution in [0.3, 0.4) is 0 Å². The van der Waals surface area contributed by atoms with Crippen molar-refractivity contribution < 1.29 is 4.74 Å². The normalized spacial score (nSPS) is 11.0. The fourth-order valence-corrected chi connectivity index (χ4v) is 2.93. The first-order valence-electron chi connectivity index (χ1n) is 8.61. The highest BCUT2D eigenvalue weighted by molar-refractivity contribution is 6.32. The molecule has 0 bridgehead atoms. The number of para-hydroxylation sites is 1. The molecule has 0 fully saturated rings. The van der Waals surface area contributed by atoms with Crippen molar-refractivity contribution >= 4 is 22.5 Å². The fraction of sp³-hybridized carbons (Fsp3) is 0.300. The molecule has 0 amide bonds. The number of fused-ring (bicyclic) bond motifs is 1. The van der Waals surface area contributed by atoms with Crippen molar-refractivity contribution in [3.8, 4) is 17.1 Å². The van der Waals surface area contributed by atoms with Gasteiger partial charge in [-0.15, -0.1) is 0 Å². The first-order chi connectivity index (χ1) is 12.2. The Morgan fingerprint density at radius 2 is 1.96 bits per heavy atom. The van der Waals surface area contributed by atoms with Gasteiger partial charge in [0.25, 0.3) is 5.56 Å². The number of hydrogen-bond donors (Lipinski definition) is 1. The minimum absolute atomic E-state index is 0.159. The predicted molar refractivity (Wildman–Crippen MR) is 102 cm³/mol. The molecule has 0 saturated carbocycles. The van der Waals surface area contributed by atoms with Gasteiger partial charge in [0.2, 0.25) is 0 Å². The van der Waals surface area contributed by atoms with E-state index < -0.39 is 0 Å². The van der Waals surface area contributed by atoms with Gasteiger partial charge in [-0.05, 0) is 36.8 Å². The summed E-state index contributed by atoms with van der Waals surface area (Å²) in [5.74, 6) is 1.16. The van der Waals surface area contributed by atoms with Crippen molar-refractivity contribution in [2.75, 3.05) is 6.61 Å². The standard InChI is InChI=1S/C20H21ClN2O2/c1-2-3-4-7-12-25-18-11-10-14(13-16(18)21)19-22-17-9-6-5-8-15(17)20(24)23-19/h5-6,8-11,13H,2-4,7,12H2,1H3,(H,22,23,24). The second kappa shape index (κ2) is 8.17. The Bertz CT molecular complexity index is 921. The van der Waals surface area contributed by atoms with E-state index in [0.717, 1.165) is 18.4 Å². The molecule has 0 radical (unpaired) electrons. The molecule has 0 aliphatic heterocycles. The van der Waals surface area contributed by atoms with Crippen LogP contribution in [0.4, 0.5) is 0 Å². The van der Waals surface area contributed by atoms with E-state index in [4.69, 9.17) is 16.3 Å². The summed E-state index contributed by atoms with van der Waals surface area (Å²) in [5.41, 5.74) is 1.26. The zero-order valence-corrected chi connectivity index (χ0v) is 15.0. The van der Waals surface area contributed by atoms with E-state index in [9.17, 15) is 4.79 Å². The lowest BCUT2D eigenvalue weighted by Gasteiger charge is -2.09. The molecule has 0 saturated heterocycles. The van der Waals surface area contributed by atoms with Crippen molar-refractivity contribution in [2.45, 2.75) is 32.6 Å². The monoisotopic (exact) mass is 356 g/mol. The van der Waals surface area contributed by atoms with Crippen LogP contribution in [0.1, 0.15) is 32.6 Å². The second-order valence-corrected chi connectivity index (χ2v) is 6.39. The third kappa shape index (κ3) is 4.20. The topological polar surface area (TPSA) is 55.0 Å². The van der Waals surface area contributed by atoms with E-state index in [0.29, 0.717) is 34.1 Å². The molecule has 5 heteroatoms. The average Bonchev–Trinajstić information content (AvgIpc) is 2.62. The first kappa shape index (κ1) is 17.5. The van der Waals surface area contributed by atoms with Gasteiger partial charge in [0, 0.05) is 5.56 Å². The summed E-state index contributed by atoms with van der Waals surface area (Å²) in [4.78, 5) is 19.5. The lowest BCUT2D eigenvalue weighted by molar-refractivity contribution is 0.305. The highest BCUT2D eigenvalue weighted by Crippen LogP contribution is 2.29. The van der Waals surface area contributed by atoms with Crippen LogP contribution in [0.25, 0.3) is 22.3 Å². The Hall–Kier alpha value is -2.33. The van der Waals surface area contributed by atoms with E-state index in [2.05, 4.69) is 16.9 Å². The van der Waals surface area contributed by atoms with Crippen molar-refractivity contribution in [2.24, 2.45) is 0 Å². The third-order valence-corrected chi connectivity index (χ3v) is 4.37. The number of aromatic amines is 1. The minimum Gasteiger partial charge on any atom is -0.492 e. The molecule has 0 aliphatic carbocycles. The van der Waals surface area contributed by atoms with E-state index in [-0.39, 0.29) is 5.56 Å². The van der Waals surface area contributed by atoms with E-state index in [1.54, 1.807) is 12.1 Å². The number of nitrogens with one attached hydrogen (secondary N) is 1. The number of H-pyrrole nitrogens is 1. The quantitative estimate of drug-likeness (QED) is 0.592. The lowest BCUT2D eigenvalue weighted by Crippen LogP contribution is -2.09. The molecule has 4 nitrogen and oxygen atoms in total. The van der Waals surface area contributed by atoms with Crippen LogP contribution in [-0.4, -0.2) is 16.6 Å². The summed E-state index contributed by atoms with van der Waals surface area (Å²) in [7, 11) is 0. The van der Waals surface area contributed by atoms with E-state index in [1.165, 1.54) is 12.8 Å². The molecule has 0 aliphatic rings. The Labute approximate surface area is 151 Å². The summed E-state index contributed by atoms with van der Waals surface area (Å²) in [6, 6.07) is 12.7. The maximum absolute atomic E-state index is 12.2. The van der Waals surface area contributed by atoms with Crippen molar-refractivity contribution in [3.63, 3.8) is 0 Å². The van der Waals surface area contributed by atoms with Crippen molar-refractivity contribution in [1.82, 2.24) is 9.97 Å². The van der Waals surface area contributed by atoms with Gasteiger partial charge < -0.3 is 9.72 Å². The summed E-state index contributed by atoms with van der Waals surface area (Å²) in [5, 5.41) is 1.09. The Morgan fingerprint density at radius 1 is 1.12 bits per heavy atom. The lowest BCUT2D eigenvalue weighted by atomic mass is 10.2. The molecule has 0 atom stereocenters. The highest BCUT2D eigenvalue weighted by atomic mass is 35.5. The number of ether oxygens (including phenoxy) is 1. The van der Waals surface area contributed by atoms with Gasteiger partial charge in [-0.2, -0.15) is 0 Å². The van der Waals surface area contributed by atoms with Gasteiger partial charge in [-0.25, -0.2) is 4.98 Å². The van der Waals surface area contributed by atoms with Gasteiger partial charge in [-0.1, -0.05) is 49.9 Å². The number of hydrogen-bond acceptors (Lipinski definition) is 3. The second-order valence-electron chi connectivity index (χ2n) is 5.99. The first-order valence-corrected chi connectivity index (χ1v) is 8.98. The van der Waals surface area contributed by atoms with Gasteiger partial charge in [-0.3, -0.25) is 4.79 Å². The molecule has 130 valence electrons. The predicted octanol–water partition coefficient (Wildman–Crippen LogP) is 5.20. The van der Waals surface area contributed by atoms with Crippen LogP contribution >= 0.6 is 11.6 Å². The van der Waals surface area contributed by atoms with Gasteiger partial charge in [0.1, 0.15) is 11.6 Å². The number of rotatable bonds is 7. The summed E-state index contributed by atoms with van der Waals surface area (Å²) < 4.78 is 5.74. The minimum atomic E-state index is -0.159. The zero-order chi connectivity index (χ0) is 17.6. The summed E-state index contributed by atoms with van der Waals surface area (Å²) in [6.45, 7) is 2.84. The number of nitrogens with zero attached hydrogens (tertiary/aromatic N) is 1. The molecule has 0 unspecified atom stereocenters. The average molecular weight is 357 g/mol. The number of benzene rings is 2. The number of unbranched alkanes of at least 4 members (excludes halogenated alkanes) is 3. The Kier molecular flexibility index (Phi) is 5.71. The maximum Gasteiger partial charge on any atom is 0.259 e. The smallest absolute Gasteiger partial charge is 0.259 e. The van der Waals surface area contributed by atoms with Crippen molar-refractivity contribution in [1.29, 1.82) is 0 Å². The molecule has 1 N–H and O–H groups in total. The van der Waals surface area contributed by atoms with Crippen LogP contribution in [0, 0.1) is 0 Å². The molecule has 2 aromatic carbocycles. The van der Waals surface area contributed by atoms with Crippen molar-refractivity contribution in [3.05, 3.63) is 57.8 Å². The molecule has 1 aromatic heterocycles. The van der Waals surface area contributed by atoms with Crippen LogP contribution in [0.15, 0.2) is 47.3 Å². The Morgan fingerprint density at radius 3 is 2.76 bits per heavy atom. The molecule has 3 rings (SSSR count). The molecular weight excluding hydrogens is 336 g/mol. The highest BCUT2D eigenvalue weighted by Gasteiger charge is 2.09. The number of halogens is 1. The van der Waals surface area contributed by atoms with Gasteiger partial charge in [0.05, 0.1) is 22.5 Å². The molecule has 25 heavy (non-hydrogen) atoms. The van der Waals surface area contributed by atoms with Crippen LogP contribution in [0.2, 0.25) is 5.02 Å². The maximum atomic E-state index is 12.2. The SMILES string of the molecule is CCCCCCOc1ccc(-c2nc3ccccc3c(=O)[nH]2)cc1Cl. The summed E-state index contributed by atoms with van der Waals surface area (Å²) >= 11 is 6.33. The Balaban J connectivity index is 1.80. The van der Waals surface area contributed by atoms with Crippen LogP contribution in [0.5, 0.6) is 5.75 Å². The zero-order valence-electron chi connectivity index (χ0n) is 14.2. The molecule has 3 aromatic rings. The molecule has 1 heterocycles. The van der Waals surface area contributed by atoms with Crippen LogP contribution in [-0.2, 0) is 0 Å². The van der Waals surface area contributed by atoms with Crippen LogP contribution < -0.4 is 10.3 Å². The number of aromatic nitrogens is 2. The summed E-state index contributed by atoms with van der Waals surface area (Å²) in [6.07, 6.45) is 4.60.